The highest BCUT2D eigenvalue weighted by Crippen LogP contribution is 2.16. The molecule has 0 spiro atoms. The molecular formula is C40H79. The number of allylic oxidation sites excluding steroid dienone is 2. The molecule has 0 nitrogen and oxygen atoms in total. The Morgan fingerprint density at radius 2 is 0.425 bits per heavy atom. The molecule has 0 aromatic carbocycles. The average Bonchev–Trinajstić information content (AvgIpc) is 2.97. The van der Waals surface area contributed by atoms with Crippen LogP contribution < -0.4 is 0 Å². The fourth-order valence-electron chi connectivity index (χ4n) is 6.05. The zero-order chi connectivity index (χ0) is 28.9. The van der Waals surface area contributed by atoms with E-state index in [1.54, 1.807) is 0 Å². The normalized spacial score (nSPS) is 11.8. The summed E-state index contributed by atoms with van der Waals surface area (Å²) in [6.45, 7) is 4.61. The smallest absolute Gasteiger partial charge is 0.0351 e. The summed E-state index contributed by atoms with van der Waals surface area (Å²) in [6, 6.07) is 0. The first-order chi connectivity index (χ1) is 19.9. The second-order valence-corrected chi connectivity index (χ2v) is 13.2. The monoisotopic (exact) mass is 560 g/mol. The van der Waals surface area contributed by atoms with Crippen LogP contribution in [0.1, 0.15) is 239 Å². The van der Waals surface area contributed by atoms with E-state index in [-0.39, 0.29) is 0 Å². The number of hydrogen-bond acceptors (Lipinski definition) is 0. The van der Waals surface area contributed by atoms with Crippen molar-refractivity contribution in [2.45, 2.75) is 239 Å². The van der Waals surface area contributed by atoms with Crippen molar-refractivity contribution >= 4 is 0 Å². The van der Waals surface area contributed by atoms with E-state index in [2.05, 4.69) is 32.4 Å². The number of unbranched alkanes of at least 4 members (excludes halogenated alkanes) is 34. The predicted octanol–water partition coefficient (Wildman–Crippen LogP) is 15.4. The van der Waals surface area contributed by atoms with Crippen molar-refractivity contribution in [2.75, 3.05) is 0 Å². The molecule has 0 atom stereocenters. The van der Waals surface area contributed by atoms with E-state index < -0.39 is 0 Å². The Kier molecular flexibility index (Phi) is 38.5. The van der Waals surface area contributed by atoms with Gasteiger partial charge < -0.3 is 0 Å². The highest BCUT2D eigenvalue weighted by Gasteiger charge is 1.97. The maximum absolute atomic E-state index is 2.59. The SMILES string of the molecule is CCCCCCCC/C=C\CCCCCCCCCCC[CH]CCCCCCCCCCCCCCCCCC. The lowest BCUT2D eigenvalue weighted by molar-refractivity contribution is 0.528. The molecule has 0 saturated carbocycles. The van der Waals surface area contributed by atoms with Gasteiger partial charge in [0.25, 0.3) is 0 Å². The Labute approximate surface area is 256 Å². The highest BCUT2D eigenvalue weighted by atomic mass is 14.0. The van der Waals surface area contributed by atoms with Crippen LogP contribution in [0, 0.1) is 6.42 Å². The fourth-order valence-corrected chi connectivity index (χ4v) is 6.05. The van der Waals surface area contributed by atoms with Crippen LogP contribution in [0.3, 0.4) is 0 Å². The summed E-state index contributed by atoms with van der Waals surface area (Å²) in [6.07, 6.45) is 57.9. The Hall–Kier alpha value is -0.260. The van der Waals surface area contributed by atoms with E-state index in [0.717, 1.165) is 0 Å². The van der Waals surface area contributed by atoms with Crippen LogP contribution >= 0.6 is 0 Å². The molecule has 0 rings (SSSR count). The minimum Gasteiger partial charge on any atom is -0.0885 e. The topological polar surface area (TPSA) is 0 Å². The lowest BCUT2D eigenvalue weighted by Crippen LogP contribution is -1.85. The van der Waals surface area contributed by atoms with Gasteiger partial charge in [0.1, 0.15) is 0 Å². The lowest BCUT2D eigenvalue weighted by Gasteiger charge is -2.04. The zero-order valence-corrected chi connectivity index (χ0v) is 28.5. The Bertz CT molecular complexity index is 435. The van der Waals surface area contributed by atoms with Crippen molar-refractivity contribution in [1.82, 2.24) is 0 Å². The van der Waals surface area contributed by atoms with Gasteiger partial charge in [0.15, 0.2) is 0 Å². The first-order valence-corrected chi connectivity index (χ1v) is 19.4. The molecule has 0 aliphatic heterocycles. The lowest BCUT2D eigenvalue weighted by atomic mass is 10.0. The molecule has 0 saturated heterocycles. The van der Waals surface area contributed by atoms with Gasteiger partial charge in [0.05, 0.1) is 0 Å². The van der Waals surface area contributed by atoms with Gasteiger partial charge >= 0.3 is 0 Å². The molecule has 0 aliphatic rings. The highest BCUT2D eigenvalue weighted by molar-refractivity contribution is 4.81. The van der Waals surface area contributed by atoms with Crippen molar-refractivity contribution in [3.05, 3.63) is 18.6 Å². The van der Waals surface area contributed by atoms with Gasteiger partial charge in [-0.25, -0.2) is 0 Å². The first-order valence-electron chi connectivity index (χ1n) is 19.4. The van der Waals surface area contributed by atoms with E-state index in [1.165, 1.54) is 225 Å². The molecule has 40 heavy (non-hydrogen) atoms. The molecule has 0 aromatic heterocycles. The van der Waals surface area contributed by atoms with E-state index in [4.69, 9.17) is 0 Å². The molecule has 239 valence electrons. The predicted molar refractivity (Wildman–Crippen MR) is 186 cm³/mol. The largest absolute Gasteiger partial charge is 0.0885 e. The molecule has 0 heterocycles. The van der Waals surface area contributed by atoms with Crippen molar-refractivity contribution in [2.24, 2.45) is 0 Å². The Morgan fingerprint density at radius 1 is 0.225 bits per heavy atom. The molecule has 1 radical (unpaired) electrons. The molecule has 0 bridgehead atoms. The van der Waals surface area contributed by atoms with E-state index >= 15 is 0 Å². The summed E-state index contributed by atoms with van der Waals surface area (Å²) >= 11 is 0. The van der Waals surface area contributed by atoms with Gasteiger partial charge in [0, 0.05) is 0 Å². The molecule has 0 amide bonds. The van der Waals surface area contributed by atoms with Crippen molar-refractivity contribution in [3.63, 3.8) is 0 Å². The van der Waals surface area contributed by atoms with Crippen LogP contribution in [-0.2, 0) is 0 Å². The van der Waals surface area contributed by atoms with Crippen LogP contribution in [0.4, 0.5) is 0 Å². The minimum atomic E-state index is 1.31. The van der Waals surface area contributed by atoms with Gasteiger partial charge in [-0.2, -0.15) is 0 Å². The standard InChI is InChI=1S/C40H79/c1-3-5-7-9-11-13-15-17-19-21-23-25-27-29-31-33-35-37-39-40-38-36-34-32-30-28-26-24-22-20-18-16-14-12-10-8-6-4-2/h17,19,38H,3-16,18,20-37,39-40H2,1-2H3/b19-17-. The van der Waals surface area contributed by atoms with E-state index in [1.807, 2.05) is 0 Å². The van der Waals surface area contributed by atoms with Crippen LogP contribution in [0.25, 0.3) is 0 Å². The molecule has 0 unspecified atom stereocenters. The first kappa shape index (κ1) is 39.7. The quantitative estimate of drug-likeness (QED) is 0.0529. The molecule has 0 N–H and O–H groups in total. The summed E-state index contributed by atoms with van der Waals surface area (Å²) in [5.41, 5.74) is 0. The van der Waals surface area contributed by atoms with Gasteiger partial charge in [0.2, 0.25) is 0 Å². The third-order valence-corrected chi connectivity index (χ3v) is 8.93. The second kappa shape index (κ2) is 38.7. The fraction of sp³-hybridized carbons (Fsp3) is 0.925. The van der Waals surface area contributed by atoms with Crippen molar-refractivity contribution in [3.8, 4) is 0 Å². The van der Waals surface area contributed by atoms with Crippen molar-refractivity contribution < 1.29 is 0 Å². The summed E-state index contributed by atoms with van der Waals surface area (Å²) in [7, 11) is 0. The third kappa shape index (κ3) is 37.7. The van der Waals surface area contributed by atoms with Gasteiger partial charge in [-0.1, -0.05) is 225 Å². The molecule has 0 aromatic rings. The van der Waals surface area contributed by atoms with Crippen LogP contribution in [-0.4, -0.2) is 0 Å². The van der Waals surface area contributed by atoms with Gasteiger partial charge in [-0.3, -0.25) is 0 Å². The Morgan fingerprint density at radius 3 is 0.675 bits per heavy atom. The summed E-state index contributed by atoms with van der Waals surface area (Å²) in [4.78, 5) is 0. The van der Waals surface area contributed by atoms with Crippen LogP contribution in [0.15, 0.2) is 12.2 Å². The maximum atomic E-state index is 2.59. The molecular weight excluding hydrogens is 480 g/mol. The zero-order valence-electron chi connectivity index (χ0n) is 28.5. The van der Waals surface area contributed by atoms with Crippen LogP contribution in [0.5, 0.6) is 0 Å². The minimum absolute atomic E-state index is 1.31. The summed E-state index contributed by atoms with van der Waals surface area (Å²) < 4.78 is 0. The van der Waals surface area contributed by atoms with Gasteiger partial charge in [-0.15, -0.1) is 0 Å². The molecule has 0 aliphatic carbocycles. The average molecular weight is 560 g/mol. The third-order valence-electron chi connectivity index (χ3n) is 8.93. The number of rotatable bonds is 36. The van der Waals surface area contributed by atoms with E-state index in [9.17, 15) is 0 Å². The number of hydrogen-bond donors (Lipinski definition) is 0. The van der Waals surface area contributed by atoms with E-state index in [0.29, 0.717) is 0 Å². The Balaban J connectivity index is 3.05. The van der Waals surface area contributed by atoms with Crippen molar-refractivity contribution in [1.29, 1.82) is 0 Å². The molecule has 0 heteroatoms. The van der Waals surface area contributed by atoms with Crippen LogP contribution in [0.2, 0.25) is 0 Å². The second-order valence-electron chi connectivity index (χ2n) is 13.2. The molecule has 0 fully saturated rings. The van der Waals surface area contributed by atoms with Gasteiger partial charge in [-0.05, 0) is 32.1 Å². The summed E-state index contributed by atoms with van der Waals surface area (Å²) in [5.74, 6) is 0. The maximum Gasteiger partial charge on any atom is -0.0351 e. The summed E-state index contributed by atoms with van der Waals surface area (Å²) in [5, 5.41) is 0.